The largest absolute Gasteiger partial charge is 0.507 e. The lowest BCUT2D eigenvalue weighted by Crippen LogP contribution is -2.09. The molecule has 2 aromatic carbocycles. The number of benzene rings is 2. The third-order valence-electron chi connectivity index (χ3n) is 3.73. The molecule has 0 amide bonds. The molecule has 0 fully saturated rings. The maximum atomic E-state index is 9.85. The summed E-state index contributed by atoms with van der Waals surface area (Å²) in [6.07, 6.45) is 6.53. The van der Waals surface area contributed by atoms with Crippen molar-refractivity contribution in [2.45, 2.75) is 0 Å². The minimum Gasteiger partial charge on any atom is -0.507 e. The first-order chi connectivity index (χ1) is 19.1. The van der Waals surface area contributed by atoms with Gasteiger partial charge in [-0.1, -0.05) is 5.92 Å². The van der Waals surface area contributed by atoms with E-state index in [1.807, 2.05) is 0 Å². The molecule has 3 rings (SSSR count). The number of ether oxygens (including phenoxy) is 4. The summed E-state index contributed by atoms with van der Waals surface area (Å²) in [5.74, 6) is 1.21. The molecule has 1 aromatic heterocycles. The summed E-state index contributed by atoms with van der Waals surface area (Å²) in [5, 5.41) is 12.9. The Morgan fingerprint density at radius 1 is 1.10 bits per heavy atom. The van der Waals surface area contributed by atoms with E-state index in [2.05, 4.69) is 30.7 Å². The fourth-order valence-corrected chi connectivity index (χ4v) is 2.46. The number of hydrogen-bond donors (Lipinski definition) is 2. The molecular weight excluding hydrogens is 386 g/mol. The van der Waals surface area contributed by atoms with Crippen molar-refractivity contribution in [3.05, 3.63) is 42.2 Å². The minimum atomic E-state index is -3.55. The van der Waals surface area contributed by atoms with Crippen molar-refractivity contribution in [1.29, 1.82) is 0 Å². The number of phenolic OH excluding ortho intramolecular Hbond substituents is 1. The first-order valence-electron chi connectivity index (χ1n) is 14.2. The Balaban J connectivity index is 2.10. The van der Waals surface area contributed by atoms with E-state index in [1.54, 1.807) is 0 Å². The van der Waals surface area contributed by atoms with E-state index in [1.165, 1.54) is 18.2 Å². The normalized spacial score (nSPS) is 18.8. The van der Waals surface area contributed by atoms with Crippen LogP contribution in [0.3, 0.4) is 0 Å². The highest BCUT2D eigenvalue weighted by molar-refractivity contribution is 5.93. The van der Waals surface area contributed by atoms with E-state index in [0.717, 1.165) is 18.5 Å². The molecule has 8 heteroatoms. The van der Waals surface area contributed by atoms with Gasteiger partial charge in [0.15, 0.2) is 11.5 Å². The number of nitrogens with one attached hydrogen (secondary N) is 1. The molecule has 0 radical (unpaired) electrons. The smallest absolute Gasteiger partial charge is 0.163 e. The zero-order valence-corrected chi connectivity index (χ0v) is 15.2. The summed E-state index contributed by atoms with van der Waals surface area (Å²) in [5.41, 5.74) is 0.651. The van der Waals surface area contributed by atoms with E-state index in [-0.39, 0.29) is 28.0 Å². The summed E-state index contributed by atoms with van der Waals surface area (Å²) in [6.45, 7) is -11.0. The number of aromatic hydroxyl groups is 1. The average Bonchev–Trinajstić information content (AvgIpc) is 2.81. The average molecular weight is 422 g/mol. The second kappa shape index (κ2) is 10.3. The Labute approximate surface area is 191 Å². The highest BCUT2D eigenvalue weighted by Gasteiger charge is 2.13. The number of aromatic nitrogens is 2. The van der Waals surface area contributed by atoms with Crippen molar-refractivity contribution in [3.63, 3.8) is 0 Å². The molecule has 0 aliphatic carbocycles. The van der Waals surface area contributed by atoms with Crippen LogP contribution in [0.5, 0.6) is 17.2 Å². The first kappa shape index (κ1) is 10.5. The highest BCUT2D eigenvalue weighted by Crippen LogP contribution is 2.35. The summed E-state index contributed by atoms with van der Waals surface area (Å²) >= 11 is 0. The Bertz CT molecular complexity index is 1490. The van der Waals surface area contributed by atoms with Crippen LogP contribution >= 0.6 is 0 Å². The fourth-order valence-electron chi connectivity index (χ4n) is 2.46. The predicted molar refractivity (Wildman–Crippen MR) is 114 cm³/mol. The third-order valence-corrected chi connectivity index (χ3v) is 3.73. The molecule has 0 unspecified atom stereocenters. The lowest BCUT2D eigenvalue weighted by Gasteiger charge is -2.15. The van der Waals surface area contributed by atoms with Crippen LogP contribution in [-0.4, -0.2) is 55.4 Å². The van der Waals surface area contributed by atoms with Crippen LogP contribution in [-0.2, 0) is 9.47 Å². The van der Waals surface area contributed by atoms with E-state index >= 15 is 0 Å². The van der Waals surface area contributed by atoms with Gasteiger partial charge in [0.05, 0.1) is 40.6 Å². The van der Waals surface area contributed by atoms with Crippen molar-refractivity contribution < 1.29 is 40.5 Å². The van der Waals surface area contributed by atoms with Crippen LogP contribution in [0.4, 0.5) is 11.5 Å². The van der Waals surface area contributed by atoms with Crippen molar-refractivity contribution in [2.24, 2.45) is 0 Å². The number of hydrogen-bond acceptors (Lipinski definition) is 8. The van der Waals surface area contributed by atoms with Crippen molar-refractivity contribution in [1.82, 2.24) is 9.97 Å². The molecule has 0 spiro atoms. The lowest BCUT2D eigenvalue weighted by atomic mass is 10.1. The van der Waals surface area contributed by atoms with E-state index < -0.39 is 51.9 Å². The Morgan fingerprint density at radius 3 is 2.77 bits per heavy atom. The maximum absolute atomic E-state index is 9.85. The Hall–Kier alpha value is -3.54. The van der Waals surface area contributed by atoms with Gasteiger partial charge in [0.25, 0.3) is 0 Å². The lowest BCUT2D eigenvalue weighted by molar-refractivity contribution is 0.132. The van der Waals surface area contributed by atoms with Crippen molar-refractivity contribution >= 4 is 22.4 Å². The molecule has 0 atom stereocenters. The second-order valence-corrected chi connectivity index (χ2v) is 5.48. The van der Waals surface area contributed by atoms with E-state index in [4.69, 9.17) is 32.3 Å². The molecule has 0 saturated heterocycles. The van der Waals surface area contributed by atoms with E-state index in [9.17, 15) is 5.11 Å². The predicted octanol–water partition coefficient (Wildman–Crippen LogP) is 3.11. The molecule has 0 bridgehead atoms. The number of methoxy groups -OCH3 is 2. The van der Waals surface area contributed by atoms with E-state index in [0.29, 0.717) is 5.69 Å². The van der Waals surface area contributed by atoms with Gasteiger partial charge in [-0.05, 0) is 24.3 Å². The summed E-state index contributed by atoms with van der Waals surface area (Å²) in [4.78, 5) is 8.22. The molecule has 0 aliphatic heterocycles. The standard InChI is InChI=1S/C22H23N3O5/c1-4-15-11-16(5-6-19(15)26)25-22-17-12-20(29-9-7-27-2)21(30-10-8-28-3)13-18(17)23-14-24-22/h1,5-6,11-14,26H,7-10H2,2-3H3,(H,23,24,25)/i2D3,3D3,7D2,8D2,9D2. The summed E-state index contributed by atoms with van der Waals surface area (Å²) in [6, 6.07) is 6.48. The number of rotatable bonds is 10. The summed E-state index contributed by atoms with van der Waals surface area (Å²) in [7, 11) is -6.48. The molecule has 1 heterocycles. The molecule has 0 saturated carbocycles. The van der Waals surface area contributed by atoms with Gasteiger partial charge in [0.2, 0.25) is 0 Å². The second-order valence-electron chi connectivity index (χ2n) is 5.48. The molecule has 30 heavy (non-hydrogen) atoms. The molecule has 8 nitrogen and oxygen atoms in total. The van der Waals surface area contributed by atoms with Crippen LogP contribution in [0.1, 0.15) is 22.0 Å². The fraction of sp³-hybridized carbons (Fsp3) is 0.273. The van der Waals surface area contributed by atoms with Crippen molar-refractivity contribution in [3.8, 4) is 29.6 Å². The number of terminal acetylenes is 1. The van der Waals surface area contributed by atoms with Gasteiger partial charge < -0.3 is 29.4 Å². The van der Waals surface area contributed by atoms with Gasteiger partial charge in [-0.15, -0.1) is 6.42 Å². The first-order valence-corrected chi connectivity index (χ1v) is 8.19. The van der Waals surface area contributed by atoms with Crippen LogP contribution in [0.15, 0.2) is 36.7 Å². The molecule has 0 aliphatic rings. The maximum Gasteiger partial charge on any atom is 0.163 e. The molecule has 156 valence electrons. The third kappa shape index (κ3) is 5.08. The van der Waals surface area contributed by atoms with Gasteiger partial charge in [0, 0.05) is 31.2 Å². The van der Waals surface area contributed by atoms with Gasteiger partial charge >= 0.3 is 0 Å². The number of phenols is 1. The highest BCUT2D eigenvalue weighted by atomic mass is 16.5. The monoisotopic (exact) mass is 421 g/mol. The quantitative estimate of drug-likeness (QED) is 0.381. The van der Waals surface area contributed by atoms with Gasteiger partial charge in [-0.3, -0.25) is 0 Å². The zero-order chi connectivity index (χ0) is 31.7. The topological polar surface area (TPSA) is 95.0 Å². The number of anilines is 2. The molecular formula is C22H23N3O5. The molecule has 2 N–H and O–H groups in total. The Kier molecular flexibility index (Phi) is 3.60. The van der Waals surface area contributed by atoms with Crippen LogP contribution in [0.2, 0.25) is 0 Å². The van der Waals surface area contributed by atoms with Gasteiger partial charge in [0.1, 0.15) is 31.1 Å². The minimum absolute atomic E-state index is 0.0911. The number of nitrogens with zero attached hydrogens (tertiary/aromatic N) is 2. The van der Waals surface area contributed by atoms with Gasteiger partial charge in [-0.2, -0.15) is 0 Å². The van der Waals surface area contributed by atoms with Crippen LogP contribution in [0, 0.1) is 12.3 Å². The van der Waals surface area contributed by atoms with Crippen molar-refractivity contribution in [2.75, 3.05) is 45.7 Å². The SMILES string of the molecule is [2H]C([2H])([2H])OC([2H])([2H])COc1cc2ncnc(Nc3ccc(O)c(C#C)c3)c2cc1OC([2H])([2H])C([2H])([2H])OC([2H])([2H])[2H]. The Morgan fingerprint density at radius 2 is 1.93 bits per heavy atom. The molecule has 3 aromatic rings. The zero-order valence-electron chi connectivity index (χ0n) is 27.2. The van der Waals surface area contributed by atoms with Crippen LogP contribution in [0.25, 0.3) is 10.9 Å². The van der Waals surface area contributed by atoms with Crippen LogP contribution < -0.4 is 14.8 Å². The number of fused-ring (bicyclic) bond motifs is 1. The van der Waals surface area contributed by atoms with Gasteiger partial charge in [-0.25, -0.2) is 9.97 Å². The summed E-state index contributed by atoms with van der Waals surface area (Å²) < 4.78 is 110.